The number of alkyl halides is 2. The minimum atomic E-state index is -3.03. The molecule has 0 atom stereocenters. The van der Waals surface area contributed by atoms with Gasteiger partial charge in [-0.05, 0) is 26.0 Å². The number of rotatable bonds is 5. The van der Waals surface area contributed by atoms with Crippen LogP contribution in [0.3, 0.4) is 0 Å². The highest BCUT2D eigenvalue weighted by molar-refractivity contribution is 6.35. The van der Waals surface area contributed by atoms with Gasteiger partial charge in [0.05, 0.1) is 10.6 Å². The van der Waals surface area contributed by atoms with Crippen LogP contribution < -0.4 is 15.8 Å². The van der Waals surface area contributed by atoms with Crippen molar-refractivity contribution >= 4 is 29.1 Å². The van der Waals surface area contributed by atoms with Gasteiger partial charge in [0.2, 0.25) is 5.91 Å². The minimum absolute atomic E-state index is 0.0611. The van der Waals surface area contributed by atoms with Crippen LogP contribution in [0, 0.1) is 0 Å². The molecule has 0 radical (unpaired) electrons. The number of hydrogen-bond donors (Lipinski definition) is 2. The molecule has 112 valence electrons. The van der Waals surface area contributed by atoms with Gasteiger partial charge in [-0.2, -0.15) is 8.78 Å². The Morgan fingerprint density at radius 1 is 1.45 bits per heavy atom. The monoisotopic (exact) mass is 326 g/mol. The standard InChI is InChI=1S/C12H14Cl2F2N2O2/c1-12(2,17)10(19)18-5-6-3-7(13)4-8(14)9(6)20-11(15)16/h3-4,11H,5,17H2,1-2H3,(H,18,19). The summed E-state index contributed by atoms with van der Waals surface area (Å²) in [6, 6.07) is 2.66. The van der Waals surface area contributed by atoms with E-state index in [1.54, 1.807) is 0 Å². The first-order chi connectivity index (χ1) is 9.11. The van der Waals surface area contributed by atoms with E-state index in [9.17, 15) is 13.6 Å². The molecule has 0 bridgehead atoms. The fourth-order valence-electron chi connectivity index (χ4n) is 1.37. The summed E-state index contributed by atoms with van der Waals surface area (Å²) in [6.45, 7) is -0.0794. The average molecular weight is 327 g/mol. The van der Waals surface area contributed by atoms with E-state index in [0.717, 1.165) is 0 Å². The molecule has 1 aromatic carbocycles. The Balaban J connectivity index is 2.96. The molecule has 1 rings (SSSR count). The highest BCUT2D eigenvalue weighted by Crippen LogP contribution is 2.33. The summed E-state index contributed by atoms with van der Waals surface area (Å²) >= 11 is 11.6. The van der Waals surface area contributed by atoms with Gasteiger partial charge in [-0.15, -0.1) is 0 Å². The Bertz CT molecular complexity index is 505. The smallest absolute Gasteiger partial charge is 0.387 e. The number of amides is 1. The molecule has 1 aromatic rings. The molecule has 0 unspecified atom stereocenters. The highest BCUT2D eigenvalue weighted by atomic mass is 35.5. The number of nitrogens with one attached hydrogen (secondary N) is 1. The number of carbonyl (C=O) groups is 1. The molecule has 20 heavy (non-hydrogen) atoms. The average Bonchev–Trinajstić information content (AvgIpc) is 2.28. The largest absolute Gasteiger partial charge is 0.433 e. The number of hydrogen-bond acceptors (Lipinski definition) is 3. The van der Waals surface area contributed by atoms with Crippen LogP contribution in [0.5, 0.6) is 5.75 Å². The summed E-state index contributed by atoms with van der Waals surface area (Å²) in [5.74, 6) is -0.669. The van der Waals surface area contributed by atoms with Gasteiger partial charge in [-0.25, -0.2) is 0 Å². The SMILES string of the molecule is CC(C)(N)C(=O)NCc1cc(Cl)cc(Cl)c1OC(F)F. The third-order valence-electron chi connectivity index (χ3n) is 2.32. The van der Waals surface area contributed by atoms with E-state index in [-0.39, 0.29) is 27.9 Å². The lowest BCUT2D eigenvalue weighted by atomic mass is 10.1. The molecule has 4 nitrogen and oxygen atoms in total. The molecule has 0 fully saturated rings. The van der Waals surface area contributed by atoms with Crippen LogP contribution in [0.2, 0.25) is 10.0 Å². The lowest BCUT2D eigenvalue weighted by Gasteiger charge is -2.19. The lowest BCUT2D eigenvalue weighted by molar-refractivity contribution is -0.125. The molecule has 0 heterocycles. The zero-order valence-electron chi connectivity index (χ0n) is 10.8. The number of ether oxygens (including phenoxy) is 1. The highest BCUT2D eigenvalue weighted by Gasteiger charge is 2.22. The van der Waals surface area contributed by atoms with Crippen LogP contribution in [0.1, 0.15) is 19.4 Å². The van der Waals surface area contributed by atoms with Crippen molar-refractivity contribution in [3.8, 4) is 5.75 Å². The Labute approximate surface area is 125 Å². The van der Waals surface area contributed by atoms with E-state index in [4.69, 9.17) is 28.9 Å². The Morgan fingerprint density at radius 3 is 2.55 bits per heavy atom. The van der Waals surface area contributed by atoms with Gasteiger partial charge in [0, 0.05) is 17.1 Å². The maximum atomic E-state index is 12.3. The molecule has 3 N–H and O–H groups in total. The van der Waals surface area contributed by atoms with E-state index in [2.05, 4.69) is 10.1 Å². The number of halogens is 4. The van der Waals surface area contributed by atoms with Crippen molar-refractivity contribution in [1.82, 2.24) is 5.32 Å². The molecule has 0 spiro atoms. The van der Waals surface area contributed by atoms with Crippen molar-refractivity contribution in [1.29, 1.82) is 0 Å². The molecule has 0 aromatic heterocycles. The fourth-order valence-corrected chi connectivity index (χ4v) is 1.95. The van der Waals surface area contributed by atoms with Gasteiger partial charge in [-0.3, -0.25) is 4.79 Å². The van der Waals surface area contributed by atoms with Gasteiger partial charge < -0.3 is 15.8 Å². The maximum Gasteiger partial charge on any atom is 0.387 e. The van der Waals surface area contributed by atoms with Gasteiger partial charge in [0.25, 0.3) is 0 Å². The van der Waals surface area contributed by atoms with Crippen LogP contribution in [0.15, 0.2) is 12.1 Å². The fraction of sp³-hybridized carbons (Fsp3) is 0.417. The van der Waals surface area contributed by atoms with Crippen LogP contribution in [0.25, 0.3) is 0 Å². The first-order valence-electron chi connectivity index (χ1n) is 5.61. The van der Waals surface area contributed by atoms with Crippen LogP contribution >= 0.6 is 23.2 Å². The summed E-state index contributed by atoms with van der Waals surface area (Å²) in [4.78, 5) is 11.7. The van der Waals surface area contributed by atoms with Gasteiger partial charge in [0.15, 0.2) is 0 Å². The van der Waals surface area contributed by atoms with E-state index in [0.29, 0.717) is 0 Å². The van der Waals surface area contributed by atoms with Crippen molar-refractivity contribution < 1.29 is 18.3 Å². The third-order valence-corrected chi connectivity index (χ3v) is 2.82. The second kappa shape index (κ2) is 6.56. The van der Waals surface area contributed by atoms with Gasteiger partial charge in [0.1, 0.15) is 5.75 Å². The van der Waals surface area contributed by atoms with Crippen molar-refractivity contribution in [3.05, 3.63) is 27.7 Å². The van der Waals surface area contributed by atoms with Crippen LogP contribution in [0.4, 0.5) is 8.78 Å². The summed E-state index contributed by atoms with van der Waals surface area (Å²) in [5.41, 5.74) is 4.75. The third kappa shape index (κ3) is 4.77. The van der Waals surface area contributed by atoms with E-state index in [1.165, 1.54) is 26.0 Å². The summed E-state index contributed by atoms with van der Waals surface area (Å²) in [5, 5.41) is 2.68. The predicted octanol–water partition coefficient (Wildman–Crippen LogP) is 2.95. The normalized spacial score (nSPS) is 11.6. The second-order valence-electron chi connectivity index (χ2n) is 4.66. The minimum Gasteiger partial charge on any atom is -0.433 e. The Kier molecular flexibility index (Phi) is 5.56. The van der Waals surface area contributed by atoms with Crippen molar-refractivity contribution in [3.63, 3.8) is 0 Å². The number of nitrogens with two attached hydrogens (primary N) is 1. The lowest BCUT2D eigenvalue weighted by Crippen LogP contribution is -2.48. The summed E-state index contributed by atoms with van der Waals surface area (Å²) < 4.78 is 29.0. The van der Waals surface area contributed by atoms with Crippen molar-refractivity contribution in [2.75, 3.05) is 0 Å². The zero-order chi connectivity index (χ0) is 15.5. The molecular formula is C12H14Cl2F2N2O2. The molecule has 1 amide bonds. The quantitative estimate of drug-likeness (QED) is 0.874. The van der Waals surface area contributed by atoms with Crippen molar-refractivity contribution in [2.45, 2.75) is 32.5 Å². The summed E-state index contributed by atoms with van der Waals surface area (Å²) in [7, 11) is 0. The molecule has 8 heteroatoms. The number of benzene rings is 1. The zero-order valence-corrected chi connectivity index (χ0v) is 12.4. The van der Waals surface area contributed by atoms with Gasteiger partial charge in [-0.1, -0.05) is 23.2 Å². The topological polar surface area (TPSA) is 64.4 Å². The molecule has 0 aliphatic heterocycles. The second-order valence-corrected chi connectivity index (χ2v) is 5.50. The molecule has 0 saturated heterocycles. The Morgan fingerprint density at radius 2 is 2.05 bits per heavy atom. The Hall–Kier alpha value is -1.11. The molecular weight excluding hydrogens is 313 g/mol. The van der Waals surface area contributed by atoms with E-state index in [1.807, 2.05) is 0 Å². The number of carbonyl (C=O) groups excluding carboxylic acids is 1. The van der Waals surface area contributed by atoms with E-state index < -0.39 is 18.1 Å². The predicted molar refractivity (Wildman–Crippen MR) is 73.2 cm³/mol. The first kappa shape index (κ1) is 16.9. The van der Waals surface area contributed by atoms with Crippen LogP contribution in [-0.4, -0.2) is 18.1 Å². The van der Waals surface area contributed by atoms with Crippen molar-refractivity contribution in [2.24, 2.45) is 5.73 Å². The summed E-state index contributed by atoms with van der Waals surface area (Å²) in [6.07, 6.45) is 0. The molecule has 0 aliphatic carbocycles. The van der Waals surface area contributed by atoms with E-state index >= 15 is 0 Å². The first-order valence-corrected chi connectivity index (χ1v) is 6.36. The maximum absolute atomic E-state index is 12.3. The van der Waals surface area contributed by atoms with Crippen LogP contribution in [-0.2, 0) is 11.3 Å². The molecule has 0 saturated carbocycles. The molecule has 0 aliphatic rings. The van der Waals surface area contributed by atoms with Gasteiger partial charge >= 0.3 is 6.61 Å².